The van der Waals surface area contributed by atoms with Crippen LogP contribution >= 0.6 is 15.9 Å². The molecule has 3 rings (SSSR count). The van der Waals surface area contributed by atoms with Gasteiger partial charge in [0.15, 0.2) is 0 Å². The van der Waals surface area contributed by atoms with Gasteiger partial charge in [0.2, 0.25) is 5.95 Å². The molecule has 1 saturated heterocycles. The number of hydrogen-bond donors (Lipinski definition) is 2. The minimum atomic E-state index is -4.15. The second-order valence-corrected chi connectivity index (χ2v) is 7.35. The molecule has 7 nitrogen and oxygen atoms in total. The smallest absolute Gasteiger partial charge is 0.372 e. The molecule has 1 fully saturated rings. The Balaban J connectivity index is 1.65. The molecule has 2 aromatic rings. The van der Waals surface area contributed by atoms with Gasteiger partial charge >= 0.3 is 6.18 Å². The fourth-order valence-corrected chi connectivity index (χ4v) is 3.50. The Hall–Kier alpha value is -1.88. The SMILES string of the molecule is CNc1nc(Nc2cn(C3CCN(CC(F)(F)F)CC3)nc2C)ncc1Br. The van der Waals surface area contributed by atoms with Gasteiger partial charge in [0.05, 0.1) is 28.4 Å². The number of aromatic nitrogens is 4. The molecule has 3 heterocycles. The van der Waals surface area contributed by atoms with Crippen LogP contribution in [0.4, 0.5) is 30.6 Å². The summed E-state index contributed by atoms with van der Waals surface area (Å²) in [6.07, 6.45) is 0.634. The van der Waals surface area contributed by atoms with Crippen LogP contribution in [0.15, 0.2) is 16.9 Å². The average molecular weight is 448 g/mol. The highest BCUT2D eigenvalue weighted by Crippen LogP contribution is 2.28. The summed E-state index contributed by atoms with van der Waals surface area (Å²) in [4.78, 5) is 10.0. The summed E-state index contributed by atoms with van der Waals surface area (Å²) in [6, 6.07) is 0.0856. The van der Waals surface area contributed by atoms with Crippen molar-refractivity contribution in [3.8, 4) is 0 Å². The van der Waals surface area contributed by atoms with Crippen LogP contribution in [0.1, 0.15) is 24.6 Å². The molecule has 1 aliphatic heterocycles. The van der Waals surface area contributed by atoms with E-state index in [-0.39, 0.29) is 6.04 Å². The van der Waals surface area contributed by atoms with Gasteiger partial charge in [-0.25, -0.2) is 4.98 Å². The number of anilines is 3. The maximum absolute atomic E-state index is 12.5. The van der Waals surface area contributed by atoms with Crippen molar-refractivity contribution in [2.24, 2.45) is 0 Å². The summed E-state index contributed by atoms with van der Waals surface area (Å²) in [6.45, 7) is 1.84. The zero-order chi connectivity index (χ0) is 19.6. The lowest BCUT2D eigenvalue weighted by molar-refractivity contribution is -0.148. The van der Waals surface area contributed by atoms with E-state index in [0.717, 1.165) is 15.9 Å². The predicted molar refractivity (Wildman–Crippen MR) is 100 cm³/mol. The Morgan fingerprint density at radius 3 is 2.63 bits per heavy atom. The quantitative estimate of drug-likeness (QED) is 0.727. The summed E-state index contributed by atoms with van der Waals surface area (Å²) >= 11 is 3.36. The lowest BCUT2D eigenvalue weighted by atomic mass is 10.1. The zero-order valence-electron chi connectivity index (χ0n) is 15.0. The van der Waals surface area contributed by atoms with E-state index in [9.17, 15) is 13.2 Å². The maximum atomic E-state index is 12.5. The molecular formula is C16H21BrF3N7. The molecule has 1 aliphatic rings. The normalized spacial score (nSPS) is 16.5. The van der Waals surface area contributed by atoms with Crippen molar-refractivity contribution in [3.05, 3.63) is 22.6 Å². The van der Waals surface area contributed by atoms with Gasteiger partial charge in [-0.2, -0.15) is 23.3 Å². The molecule has 0 radical (unpaired) electrons. The Bertz CT molecular complexity index is 785. The van der Waals surface area contributed by atoms with E-state index in [2.05, 4.69) is 41.6 Å². The number of hydrogen-bond acceptors (Lipinski definition) is 6. The first-order valence-electron chi connectivity index (χ1n) is 8.57. The number of nitrogens with one attached hydrogen (secondary N) is 2. The summed E-state index contributed by atoms with van der Waals surface area (Å²) in [5.41, 5.74) is 1.56. The van der Waals surface area contributed by atoms with Gasteiger partial charge in [-0.3, -0.25) is 9.58 Å². The second kappa shape index (κ2) is 8.01. The maximum Gasteiger partial charge on any atom is 0.401 e. The Morgan fingerprint density at radius 1 is 1.30 bits per heavy atom. The molecule has 0 aliphatic carbocycles. The van der Waals surface area contributed by atoms with Gasteiger partial charge < -0.3 is 10.6 Å². The molecule has 148 valence electrons. The molecule has 0 aromatic carbocycles. The van der Waals surface area contributed by atoms with Crippen molar-refractivity contribution in [1.29, 1.82) is 0 Å². The summed E-state index contributed by atoms with van der Waals surface area (Å²) < 4.78 is 40.1. The van der Waals surface area contributed by atoms with Crippen LogP contribution in [0.3, 0.4) is 0 Å². The zero-order valence-corrected chi connectivity index (χ0v) is 16.6. The molecule has 0 spiro atoms. The third kappa shape index (κ3) is 5.10. The van der Waals surface area contributed by atoms with Gasteiger partial charge in [0.1, 0.15) is 5.82 Å². The highest BCUT2D eigenvalue weighted by Gasteiger charge is 2.33. The van der Waals surface area contributed by atoms with Crippen LogP contribution in [0.2, 0.25) is 0 Å². The first kappa shape index (κ1) is 19.9. The fraction of sp³-hybridized carbons (Fsp3) is 0.562. The van der Waals surface area contributed by atoms with E-state index >= 15 is 0 Å². The van der Waals surface area contributed by atoms with Crippen LogP contribution < -0.4 is 10.6 Å². The third-order valence-corrected chi connectivity index (χ3v) is 5.06. The summed E-state index contributed by atoms with van der Waals surface area (Å²) in [5.74, 6) is 1.10. The topological polar surface area (TPSA) is 70.9 Å². The number of nitrogens with zero attached hydrogens (tertiary/aromatic N) is 5. The van der Waals surface area contributed by atoms with Gasteiger partial charge in [-0.15, -0.1) is 0 Å². The summed E-state index contributed by atoms with van der Waals surface area (Å²) in [5, 5.41) is 10.6. The van der Waals surface area contributed by atoms with E-state index in [1.165, 1.54) is 4.90 Å². The Labute approximate surface area is 163 Å². The average Bonchev–Trinajstić information content (AvgIpc) is 2.96. The van der Waals surface area contributed by atoms with Crippen molar-refractivity contribution >= 4 is 33.4 Å². The van der Waals surface area contributed by atoms with Crippen LogP contribution in [0, 0.1) is 6.92 Å². The molecule has 0 saturated carbocycles. The third-order valence-electron chi connectivity index (χ3n) is 4.48. The molecule has 11 heteroatoms. The monoisotopic (exact) mass is 447 g/mol. The molecule has 0 bridgehead atoms. The minimum absolute atomic E-state index is 0.0856. The van der Waals surface area contributed by atoms with E-state index in [1.807, 2.05) is 17.8 Å². The molecule has 27 heavy (non-hydrogen) atoms. The van der Waals surface area contributed by atoms with E-state index in [0.29, 0.717) is 37.7 Å². The number of likely N-dealkylation sites (tertiary alicyclic amines) is 1. The standard InChI is InChI=1S/C16H21BrF3N7/c1-10-13(23-15-22-7-12(17)14(21-2)24-15)8-27(25-10)11-3-5-26(6-4-11)9-16(18,19)20/h7-8,11H,3-6,9H2,1-2H3,(H2,21,22,23,24). The minimum Gasteiger partial charge on any atom is -0.372 e. The van der Waals surface area contributed by atoms with E-state index in [1.54, 1.807) is 13.2 Å². The van der Waals surface area contributed by atoms with Crippen molar-refractivity contribution in [3.63, 3.8) is 0 Å². The lowest BCUT2D eigenvalue weighted by Crippen LogP contribution is -2.40. The number of alkyl halides is 3. The Kier molecular flexibility index (Phi) is 5.89. The van der Waals surface area contributed by atoms with Gasteiger partial charge in [-0.1, -0.05) is 0 Å². The van der Waals surface area contributed by atoms with Crippen LogP contribution in [0.5, 0.6) is 0 Å². The first-order valence-corrected chi connectivity index (χ1v) is 9.36. The van der Waals surface area contributed by atoms with Crippen molar-refractivity contribution in [2.45, 2.75) is 32.0 Å². The van der Waals surface area contributed by atoms with Crippen molar-refractivity contribution < 1.29 is 13.2 Å². The molecule has 2 aromatic heterocycles. The molecule has 0 amide bonds. The molecular weight excluding hydrogens is 427 g/mol. The summed E-state index contributed by atoms with van der Waals surface area (Å²) in [7, 11) is 1.77. The molecule has 0 atom stereocenters. The second-order valence-electron chi connectivity index (χ2n) is 6.50. The van der Waals surface area contributed by atoms with E-state index < -0.39 is 12.7 Å². The largest absolute Gasteiger partial charge is 0.401 e. The number of rotatable bonds is 5. The molecule has 2 N–H and O–H groups in total. The predicted octanol–water partition coefficient (Wildman–Crippen LogP) is 3.73. The van der Waals surface area contributed by atoms with Crippen LogP contribution in [-0.4, -0.2) is 57.5 Å². The molecule has 0 unspecified atom stereocenters. The Morgan fingerprint density at radius 2 is 2.00 bits per heavy atom. The van der Waals surface area contributed by atoms with Crippen LogP contribution in [0.25, 0.3) is 0 Å². The van der Waals surface area contributed by atoms with Crippen molar-refractivity contribution in [1.82, 2.24) is 24.6 Å². The van der Waals surface area contributed by atoms with Crippen molar-refractivity contribution in [2.75, 3.05) is 37.3 Å². The van der Waals surface area contributed by atoms with E-state index in [4.69, 9.17) is 0 Å². The number of piperidine rings is 1. The van der Waals surface area contributed by atoms with Crippen LogP contribution in [-0.2, 0) is 0 Å². The van der Waals surface area contributed by atoms with Gasteiger partial charge in [0.25, 0.3) is 0 Å². The fourth-order valence-electron chi connectivity index (χ4n) is 3.11. The number of aryl methyl sites for hydroxylation is 1. The lowest BCUT2D eigenvalue weighted by Gasteiger charge is -2.32. The highest BCUT2D eigenvalue weighted by atomic mass is 79.9. The highest BCUT2D eigenvalue weighted by molar-refractivity contribution is 9.10. The van der Waals surface area contributed by atoms with Gasteiger partial charge in [0, 0.05) is 32.5 Å². The number of halogens is 4. The van der Waals surface area contributed by atoms with Gasteiger partial charge in [-0.05, 0) is 35.7 Å². The first-order chi connectivity index (χ1) is 12.7.